The fourth-order valence-corrected chi connectivity index (χ4v) is 4.07. The van der Waals surface area contributed by atoms with Gasteiger partial charge in [-0.05, 0) is 31.8 Å². The Labute approximate surface area is 183 Å². The number of hydrogen-bond donors (Lipinski definition) is 0. The van der Waals surface area contributed by atoms with E-state index in [-0.39, 0.29) is 0 Å². The average molecular weight is 398 g/mol. The van der Waals surface area contributed by atoms with Gasteiger partial charge in [-0.2, -0.15) is 0 Å². The molecule has 0 fully saturated rings. The number of allylic oxidation sites excluding steroid dienone is 8. The predicted molar refractivity (Wildman–Crippen MR) is 132 cm³/mol. The lowest BCUT2D eigenvalue weighted by Gasteiger charge is -2.04. The van der Waals surface area contributed by atoms with Crippen molar-refractivity contribution in [3.05, 3.63) is 48.6 Å². The van der Waals surface area contributed by atoms with Crippen molar-refractivity contribution in [2.45, 2.75) is 135 Å². The first-order valence-corrected chi connectivity index (χ1v) is 13.1. The van der Waals surface area contributed by atoms with Crippen LogP contribution in [0.2, 0.25) is 0 Å². The Balaban J connectivity index is 2.16. The van der Waals surface area contributed by atoms with Crippen LogP contribution < -0.4 is 0 Å². The smallest absolute Gasteiger partial charge is 0.0276 e. The van der Waals surface area contributed by atoms with Crippen molar-refractivity contribution in [2.24, 2.45) is 0 Å². The molecule has 0 nitrogen and oxygen atoms in total. The molecule has 0 saturated carbocycles. The molecule has 165 valence electrons. The molecule has 0 aliphatic heterocycles. The molecule has 29 heavy (non-hydrogen) atoms. The molecule has 0 atom stereocenters. The van der Waals surface area contributed by atoms with E-state index in [9.17, 15) is 0 Å². The van der Waals surface area contributed by atoms with E-state index >= 15 is 0 Å². The molecule has 0 bridgehead atoms. The Kier molecular flexibility index (Phi) is 20.8. The first kappa shape index (κ1) is 26.0. The van der Waals surface area contributed by atoms with Crippen LogP contribution in [0.4, 0.5) is 0 Å². The van der Waals surface area contributed by atoms with Crippen LogP contribution in [0.25, 0.3) is 0 Å². The van der Waals surface area contributed by atoms with E-state index < -0.39 is 0 Å². The second-order valence-corrected chi connectivity index (χ2v) is 8.82. The molecular formula is C29H49. The van der Waals surface area contributed by atoms with E-state index in [1.807, 2.05) is 0 Å². The van der Waals surface area contributed by atoms with Gasteiger partial charge in [0.2, 0.25) is 0 Å². The molecule has 0 spiro atoms. The van der Waals surface area contributed by atoms with Gasteiger partial charge in [0, 0.05) is 0 Å². The first-order valence-electron chi connectivity index (χ1n) is 13.1. The summed E-state index contributed by atoms with van der Waals surface area (Å²) in [5, 5.41) is 0. The lowest BCUT2D eigenvalue weighted by atomic mass is 10.0. The maximum atomic E-state index is 3.40. The second-order valence-electron chi connectivity index (χ2n) is 8.82. The highest BCUT2D eigenvalue weighted by Crippen LogP contribution is 2.15. The Morgan fingerprint density at radius 1 is 0.345 bits per heavy atom. The van der Waals surface area contributed by atoms with Gasteiger partial charge in [0.1, 0.15) is 0 Å². The lowest BCUT2D eigenvalue weighted by Crippen LogP contribution is -1.84. The summed E-state index contributed by atoms with van der Waals surface area (Å²) < 4.78 is 0. The molecule has 0 amide bonds. The van der Waals surface area contributed by atoms with Crippen LogP contribution in [0.1, 0.15) is 135 Å². The molecule has 0 aromatic carbocycles. The molecule has 0 N–H and O–H groups in total. The predicted octanol–water partition coefficient (Wildman–Crippen LogP) is 10.2. The number of hydrogen-bond acceptors (Lipinski definition) is 0. The maximum absolute atomic E-state index is 3.40. The molecule has 0 unspecified atom stereocenters. The molecule has 1 rings (SSSR count). The topological polar surface area (TPSA) is 0 Å². The van der Waals surface area contributed by atoms with Gasteiger partial charge in [0.05, 0.1) is 0 Å². The van der Waals surface area contributed by atoms with E-state index in [0.717, 1.165) is 6.42 Å². The van der Waals surface area contributed by atoms with E-state index in [2.05, 4.69) is 48.6 Å². The summed E-state index contributed by atoms with van der Waals surface area (Å²) in [4.78, 5) is 0. The molecule has 0 heteroatoms. The van der Waals surface area contributed by atoms with Crippen molar-refractivity contribution in [1.82, 2.24) is 0 Å². The Hall–Kier alpha value is -1.04. The van der Waals surface area contributed by atoms with Gasteiger partial charge >= 0.3 is 0 Å². The van der Waals surface area contributed by atoms with Crippen LogP contribution in [0.15, 0.2) is 42.5 Å². The minimum absolute atomic E-state index is 1.11. The summed E-state index contributed by atoms with van der Waals surface area (Å²) in [5.41, 5.74) is 0. The minimum Gasteiger partial charge on any atom is -0.0845 e. The average Bonchev–Trinajstić information content (AvgIpc) is 2.73. The SMILES string of the molecule is [C]1=C/C=C\C=C/C=C\CCCCCCCCCCCCCCCCCCCCC\1. The zero-order valence-electron chi connectivity index (χ0n) is 19.4. The largest absolute Gasteiger partial charge is 0.0845 e. The van der Waals surface area contributed by atoms with Gasteiger partial charge in [-0.1, -0.05) is 152 Å². The monoisotopic (exact) mass is 397 g/mol. The van der Waals surface area contributed by atoms with Crippen molar-refractivity contribution >= 4 is 0 Å². The van der Waals surface area contributed by atoms with Gasteiger partial charge in [-0.25, -0.2) is 0 Å². The molecule has 0 heterocycles. The minimum atomic E-state index is 1.11. The molecule has 1 aliphatic rings. The van der Waals surface area contributed by atoms with Crippen LogP contribution >= 0.6 is 0 Å². The van der Waals surface area contributed by atoms with Crippen molar-refractivity contribution < 1.29 is 0 Å². The molecule has 0 aromatic rings. The van der Waals surface area contributed by atoms with Gasteiger partial charge < -0.3 is 0 Å². The summed E-state index contributed by atoms with van der Waals surface area (Å²) in [6.45, 7) is 0. The summed E-state index contributed by atoms with van der Waals surface area (Å²) in [6, 6.07) is 0. The van der Waals surface area contributed by atoms with Gasteiger partial charge in [-0.3, -0.25) is 0 Å². The third-order valence-corrected chi connectivity index (χ3v) is 5.99. The van der Waals surface area contributed by atoms with Crippen molar-refractivity contribution in [3.8, 4) is 0 Å². The molecule has 1 aliphatic carbocycles. The number of rotatable bonds is 0. The maximum Gasteiger partial charge on any atom is -0.0276 e. The van der Waals surface area contributed by atoms with E-state index in [4.69, 9.17) is 0 Å². The van der Waals surface area contributed by atoms with Crippen LogP contribution in [-0.2, 0) is 0 Å². The highest BCUT2D eigenvalue weighted by molar-refractivity contribution is 5.14. The normalized spacial score (nSPS) is 26.2. The third kappa shape index (κ3) is 21.5. The van der Waals surface area contributed by atoms with E-state index in [1.54, 1.807) is 0 Å². The lowest BCUT2D eigenvalue weighted by molar-refractivity contribution is 0.522. The van der Waals surface area contributed by atoms with Crippen molar-refractivity contribution in [2.75, 3.05) is 0 Å². The molecule has 0 aromatic heterocycles. The summed E-state index contributed by atoms with van der Waals surface area (Å²) in [7, 11) is 0. The van der Waals surface area contributed by atoms with Gasteiger partial charge in [0.25, 0.3) is 0 Å². The Morgan fingerprint density at radius 3 is 1.24 bits per heavy atom. The summed E-state index contributed by atoms with van der Waals surface area (Å²) >= 11 is 0. The summed E-state index contributed by atoms with van der Waals surface area (Å²) in [5.74, 6) is 0. The highest BCUT2D eigenvalue weighted by Gasteiger charge is 1.95. The van der Waals surface area contributed by atoms with Crippen LogP contribution in [0, 0.1) is 6.08 Å². The van der Waals surface area contributed by atoms with Crippen LogP contribution in [0.3, 0.4) is 0 Å². The highest BCUT2D eigenvalue weighted by atomic mass is 14.0. The van der Waals surface area contributed by atoms with Crippen molar-refractivity contribution in [1.29, 1.82) is 0 Å². The van der Waals surface area contributed by atoms with E-state index in [0.29, 0.717) is 0 Å². The molecule has 0 saturated heterocycles. The molecule has 1 radical (unpaired) electrons. The van der Waals surface area contributed by atoms with Crippen molar-refractivity contribution in [3.63, 3.8) is 0 Å². The van der Waals surface area contributed by atoms with Crippen LogP contribution in [-0.4, -0.2) is 0 Å². The zero-order valence-corrected chi connectivity index (χ0v) is 19.4. The van der Waals surface area contributed by atoms with E-state index in [1.165, 1.54) is 128 Å². The standard InChI is InChI=1S/C29H49/c1-2-4-6-8-10-12-14-16-18-20-22-24-26-28-29-27-25-23-21-19-17-15-13-11-9-7-5-3-1/h1-7H,8,10-29H2/b2-1-,5-3-,6-4-,9-7?. The van der Waals surface area contributed by atoms with Gasteiger partial charge in [-0.15, -0.1) is 0 Å². The third-order valence-electron chi connectivity index (χ3n) is 5.99. The first-order chi connectivity index (χ1) is 14.5. The summed E-state index contributed by atoms with van der Waals surface area (Å²) in [6.07, 6.45) is 48.0. The van der Waals surface area contributed by atoms with Crippen LogP contribution in [0.5, 0.6) is 0 Å². The zero-order chi connectivity index (χ0) is 20.5. The Bertz CT molecular complexity index is 383. The quantitative estimate of drug-likeness (QED) is 0.381. The fraction of sp³-hybridized carbons (Fsp3) is 0.724. The van der Waals surface area contributed by atoms with Gasteiger partial charge in [0.15, 0.2) is 0 Å². The fourth-order valence-electron chi connectivity index (χ4n) is 4.07. The second kappa shape index (κ2) is 23.2. The Morgan fingerprint density at radius 2 is 0.724 bits per heavy atom. The molecular weight excluding hydrogens is 348 g/mol.